The summed E-state index contributed by atoms with van der Waals surface area (Å²) in [6, 6.07) is 1.97. The maximum Gasteiger partial charge on any atom is 0.155 e. The molecule has 0 aliphatic carbocycles. The fourth-order valence-corrected chi connectivity index (χ4v) is 1.38. The molecule has 94 valence electrons. The van der Waals surface area contributed by atoms with E-state index < -0.39 is 0 Å². The minimum absolute atomic E-state index is 0.0492. The summed E-state index contributed by atoms with van der Waals surface area (Å²) in [4.78, 5) is 0. The Morgan fingerprint density at radius 2 is 2.19 bits per heavy atom. The molecule has 0 bridgehead atoms. The molecule has 6 heteroatoms. The molecular weight excluding hydrogens is 229 g/mol. The Morgan fingerprint density at radius 1 is 1.38 bits per heavy atom. The van der Waals surface area contributed by atoms with Crippen molar-refractivity contribution in [2.45, 2.75) is 32.3 Å². The lowest BCUT2D eigenvalue weighted by molar-refractivity contribution is -0.0138. The van der Waals surface area contributed by atoms with Gasteiger partial charge >= 0.3 is 0 Å². The zero-order chi connectivity index (χ0) is 12.1. The number of nitriles is 1. The van der Waals surface area contributed by atoms with Crippen LogP contribution in [0.2, 0.25) is 0 Å². The first-order valence-electron chi connectivity index (χ1n) is 5.43. The maximum absolute atomic E-state index is 8.98. The van der Waals surface area contributed by atoms with Crippen LogP contribution in [0.4, 0.5) is 0 Å². The van der Waals surface area contributed by atoms with Crippen molar-refractivity contribution in [3.8, 4) is 6.07 Å². The molecule has 0 fully saturated rings. The van der Waals surface area contributed by atoms with E-state index in [9.17, 15) is 0 Å². The lowest BCUT2D eigenvalue weighted by Gasteiger charge is -2.14. The van der Waals surface area contributed by atoms with Crippen LogP contribution in [0, 0.1) is 11.3 Å². The molecule has 0 spiro atoms. The van der Waals surface area contributed by atoms with Gasteiger partial charge in [0.1, 0.15) is 6.10 Å². The standard InChI is InChI=1S/C10H20NO4P/c1-2-3-6-13-10(8-12)9-15-16-14-7-4-5-11/h10,12,16H,2-4,6-9H2,1H3/t10-/m0/s1. The Kier molecular flexibility index (Phi) is 12.6. The van der Waals surface area contributed by atoms with E-state index in [0.717, 1.165) is 12.8 Å². The molecule has 0 aromatic carbocycles. The number of aliphatic hydroxyl groups is 1. The quantitative estimate of drug-likeness (QED) is 0.445. The van der Waals surface area contributed by atoms with Gasteiger partial charge in [0.15, 0.2) is 9.03 Å². The van der Waals surface area contributed by atoms with E-state index in [1.54, 1.807) is 0 Å². The van der Waals surface area contributed by atoms with Gasteiger partial charge in [-0.05, 0) is 6.42 Å². The molecule has 0 aliphatic rings. The minimum Gasteiger partial charge on any atom is -0.394 e. The van der Waals surface area contributed by atoms with Crippen molar-refractivity contribution >= 4 is 9.03 Å². The van der Waals surface area contributed by atoms with Crippen molar-refractivity contribution in [2.75, 3.05) is 26.4 Å². The van der Waals surface area contributed by atoms with Crippen molar-refractivity contribution in [1.29, 1.82) is 5.26 Å². The Labute approximate surface area is 98.6 Å². The van der Waals surface area contributed by atoms with E-state index in [0.29, 0.717) is 26.2 Å². The van der Waals surface area contributed by atoms with Gasteiger partial charge < -0.3 is 18.9 Å². The molecule has 1 unspecified atom stereocenters. The van der Waals surface area contributed by atoms with Gasteiger partial charge in [-0.3, -0.25) is 0 Å². The van der Waals surface area contributed by atoms with Crippen LogP contribution >= 0.6 is 9.03 Å². The summed E-state index contributed by atoms with van der Waals surface area (Å²) in [5.41, 5.74) is 0. The van der Waals surface area contributed by atoms with Crippen LogP contribution in [0.1, 0.15) is 26.2 Å². The first-order valence-corrected chi connectivity index (χ1v) is 6.24. The normalized spacial score (nSPS) is 13.1. The second kappa shape index (κ2) is 12.8. The highest BCUT2D eigenvalue weighted by Gasteiger charge is 2.07. The second-order valence-electron chi connectivity index (χ2n) is 3.18. The molecular formula is C10H20NO4P. The van der Waals surface area contributed by atoms with Crippen molar-refractivity contribution in [3.05, 3.63) is 0 Å². The summed E-state index contributed by atoms with van der Waals surface area (Å²) in [7, 11) is -0.0990. The van der Waals surface area contributed by atoms with E-state index >= 15 is 0 Å². The van der Waals surface area contributed by atoms with Gasteiger partial charge in [0.25, 0.3) is 0 Å². The average molecular weight is 249 g/mol. The van der Waals surface area contributed by atoms with E-state index in [1.807, 2.05) is 6.07 Å². The topological polar surface area (TPSA) is 71.7 Å². The molecule has 0 aromatic heterocycles. The number of hydrogen-bond donors (Lipinski definition) is 1. The predicted molar refractivity (Wildman–Crippen MR) is 62.2 cm³/mol. The van der Waals surface area contributed by atoms with Crippen LogP contribution in [0.3, 0.4) is 0 Å². The summed E-state index contributed by atoms with van der Waals surface area (Å²) in [5, 5.41) is 17.2. The van der Waals surface area contributed by atoms with E-state index in [2.05, 4.69) is 6.92 Å². The monoisotopic (exact) mass is 249 g/mol. The summed E-state index contributed by atoms with van der Waals surface area (Å²) in [6.07, 6.45) is 2.14. The van der Waals surface area contributed by atoms with E-state index in [4.69, 9.17) is 24.2 Å². The number of rotatable bonds is 11. The fourth-order valence-electron chi connectivity index (χ4n) is 0.855. The minimum atomic E-state index is -0.279. The van der Waals surface area contributed by atoms with Crippen LogP contribution < -0.4 is 0 Å². The molecule has 0 radical (unpaired) electrons. The molecule has 0 heterocycles. The smallest absolute Gasteiger partial charge is 0.155 e. The Morgan fingerprint density at radius 3 is 2.81 bits per heavy atom. The fraction of sp³-hybridized carbons (Fsp3) is 0.900. The van der Waals surface area contributed by atoms with Crippen LogP contribution in [0.15, 0.2) is 0 Å². The number of ether oxygens (including phenoxy) is 1. The second-order valence-corrected chi connectivity index (χ2v) is 3.92. The van der Waals surface area contributed by atoms with Gasteiger partial charge in [-0.1, -0.05) is 13.3 Å². The first kappa shape index (κ1) is 15.8. The molecule has 5 nitrogen and oxygen atoms in total. The Hall–Kier alpha value is -0.240. The summed E-state index contributed by atoms with van der Waals surface area (Å²) in [5.74, 6) is 0. The maximum atomic E-state index is 8.98. The molecule has 2 atom stereocenters. The zero-order valence-electron chi connectivity index (χ0n) is 9.65. The largest absolute Gasteiger partial charge is 0.394 e. The van der Waals surface area contributed by atoms with Gasteiger partial charge in [0.05, 0.1) is 32.3 Å². The molecule has 16 heavy (non-hydrogen) atoms. The van der Waals surface area contributed by atoms with E-state index in [-0.39, 0.29) is 21.7 Å². The highest BCUT2D eigenvalue weighted by molar-refractivity contribution is 7.26. The number of nitrogens with zero attached hydrogens (tertiary/aromatic N) is 1. The van der Waals surface area contributed by atoms with Gasteiger partial charge in [0, 0.05) is 6.61 Å². The third-order valence-electron chi connectivity index (χ3n) is 1.76. The summed E-state index contributed by atoms with van der Waals surface area (Å²) < 4.78 is 15.6. The molecule has 0 amide bonds. The van der Waals surface area contributed by atoms with Crippen LogP contribution in [0.5, 0.6) is 0 Å². The Balaban J connectivity index is 3.30. The molecule has 0 saturated carbocycles. The third kappa shape index (κ3) is 10.3. The zero-order valence-corrected chi connectivity index (χ0v) is 10.6. The number of unbranched alkanes of at least 4 members (excludes halogenated alkanes) is 1. The summed E-state index contributed by atoms with van der Waals surface area (Å²) >= 11 is 0. The molecule has 0 aromatic rings. The first-order chi connectivity index (χ1) is 7.85. The van der Waals surface area contributed by atoms with Crippen LogP contribution in [0.25, 0.3) is 0 Å². The third-order valence-corrected chi connectivity index (χ3v) is 2.36. The van der Waals surface area contributed by atoms with E-state index in [1.165, 1.54) is 0 Å². The van der Waals surface area contributed by atoms with Gasteiger partial charge in [0.2, 0.25) is 0 Å². The lowest BCUT2D eigenvalue weighted by Crippen LogP contribution is -2.23. The lowest BCUT2D eigenvalue weighted by atomic mass is 10.3. The van der Waals surface area contributed by atoms with Crippen molar-refractivity contribution in [3.63, 3.8) is 0 Å². The predicted octanol–water partition coefficient (Wildman–Crippen LogP) is 1.62. The van der Waals surface area contributed by atoms with Crippen LogP contribution in [-0.4, -0.2) is 37.6 Å². The number of aliphatic hydroxyl groups excluding tert-OH is 1. The van der Waals surface area contributed by atoms with Crippen LogP contribution in [-0.2, 0) is 13.8 Å². The molecule has 0 aliphatic heterocycles. The Bertz CT molecular complexity index is 186. The van der Waals surface area contributed by atoms with Crippen molar-refractivity contribution in [2.24, 2.45) is 0 Å². The molecule has 0 rings (SSSR count). The average Bonchev–Trinajstić information content (AvgIpc) is 2.31. The number of hydrogen-bond acceptors (Lipinski definition) is 5. The summed E-state index contributed by atoms with van der Waals surface area (Å²) in [6.45, 7) is 3.38. The highest BCUT2D eigenvalue weighted by atomic mass is 31.1. The van der Waals surface area contributed by atoms with Gasteiger partial charge in [-0.15, -0.1) is 0 Å². The van der Waals surface area contributed by atoms with Crippen molar-refractivity contribution in [1.82, 2.24) is 0 Å². The van der Waals surface area contributed by atoms with Crippen molar-refractivity contribution < 1.29 is 18.9 Å². The molecule has 0 saturated heterocycles. The van der Waals surface area contributed by atoms with Gasteiger partial charge in [-0.2, -0.15) is 5.26 Å². The molecule has 1 N–H and O–H groups in total. The highest BCUT2D eigenvalue weighted by Crippen LogP contribution is 2.14. The SMILES string of the molecule is CCCCO[C@@H](CO)COPOCCC#N. The van der Waals surface area contributed by atoms with Gasteiger partial charge in [-0.25, -0.2) is 0 Å².